The molecule has 1 amide bonds. The summed E-state index contributed by atoms with van der Waals surface area (Å²) in [7, 11) is -1.50. The van der Waals surface area contributed by atoms with Crippen LogP contribution in [0.2, 0.25) is 0 Å². The normalized spacial score (nSPS) is 49.5. The summed E-state index contributed by atoms with van der Waals surface area (Å²) in [5.41, 5.74) is 6.68. The zero-order chi connectivity index (χ0) is 18.3. The lowest BCUT2D eigenvalue weighted by Gasteiger charge is -2.69. The van der Waals surface area contributed by atoms with E-state index in [1.807, 2.05) is 0 Å². The van der Waals surface area contributed by atoms with E-state index in [9.17, 15) is 14.8 Å². The number of amides is 1. The monoisotopic (exact) mass is 368 g/mol. The third-order valence-electron chi connectivity index (χ3n) is 7.42. The van der Waals surface area contributed by atoms with E-state index in [1.165, 1.54) is 6.42 Å². The summed E-state index contributed by atoms with van der Waals surface area (Å²) in [5.74, 6) is -0.645. The van der Waals surface area contributed by atoms with Gasteiger partial charge in [0.05, 0.1) is 12.0 Å². The Labute approximate surface area is 155 Å². The molecule has 5 rings (SSSR count). The van der Waals surface area contributed by atoms with Gasteiger partial charge < -0.3 is 20.7 Å². The molecule has 1 heterocycles. The van der Waals surface area contributed by atoms with Gasteiger partial charge in [-0.15, -0.1) is 11.6 Å². The lowest BCUT2D eigenvalue weighted by atomic mass is 9.38. The third kappa shape index (κ3) is 2.75. The van der Waals surface area contributed by atoms with Crippen molar-refractivity contribution in [2.45, 2.75) is 82.1 Å². The highest BCUT2D eigenvalue weighted by atomic mass is 35.5. The van der Waals surface area contributed by atoms with Gasteiger partial charge in [0.15, 0.2) is 0 Å². The SMILES string of the molecule is CC12CC3(C)CC(Cl)(C1)CC(C(N)C(=O)N1CCC[C@H]1B(O)O)(C2)C3. The van der Waals surface area contributed by atoms with Crippen LogP contribution in [0.15, 0.2) is 0 Å². The Morgan fingerprint density at radius 3 is 2.28 bits per heavy atom. The van der Waals surface area contributed by atoms with E-state index in [1.54, 1.807) is 4.90 Å². The molecule has 0 radical (unpaired) electrons. The minimum atomic E-state index is -1.50. The first-order chi connectivity index (χ1) is 11.5. The van der Waals surface area contributed by atoms with Crippen molar-refractivity contribution < 1.29 is 14.8 Å². The summed E-state index contributed by atoms with van der Waals surface area (Å²) in [6.45, 7) is 5.18. The van der Waals surface area contributed by atoms with Gasteiger partial charge >= 0.3 is 7.12 Å². The number of rotatable bonds is 3. The molecule has 3 unspecified atom stereocenters. The van der Waals surface area contributed by atoms with Gasteiger partial charge in [-0.3, -0.25) is 4.79 Å². The number of nitrogens with two attached hydrogens (primary N) is 1. The number of alkyl halides is 1. The van der Waals surface area contributed by atoms with Crippen LogP contribution in [0, 0.1) is 16.2 Å². The molecule has 7 heteroatoms. The molecule has 5 aliphatic rings. The molecule has 5 nitrogen and oxygen atoms in total. The lowest BCUT2D eigenvalue weighted by Crippen LogP contribution is -2.68. The van der Waals surface area contributed by atoms with Crippen LogP contribution in [0.25, 0.3) is 0 Å². The Hall–Kier alpha value is -0.295. The highest BCUT2D eigenvalue weighted by Crippen LogP contribution is 2.73. The second-order valence-corrected chi connectivity index (χ2v) is 11.1. The van der Waals surface area contributed by atoms with E-state index in [0.29, 0.717) is 13.0 Å². The van der Waals surface area contributed by atoms with E-state index in [0.717, 1.165) is 38.5 Å². The van der Waals surface area contributed by atoms with Crippen LogP contribution in [0.3, 0.4) is 0 Å². The summed E-state index contributed by atoms with van der Waals surface area (Å²) >= 11 is 7.03. The number of nitrogens with zero attached hydrogens (tertiary/aromatic N) is 1. The van der Waals surface area contributed by atoms with Crippen LogP contribution in [0.5, 0.6) is 0 Å². The molecule has 1 aliphatic heterocycles. The number of hydrogen-bond donors (Lipinski definition) is 3. The second kappa shape index (κ2) is 5.37. The fourth-order valence-corrected chi connectivity index (χ4v) is 8.70. The molecule has 0 aromatic heterocycles. The number of hydrogen-bond acceptors (Lipinski definition) is 4. The van der Waals surface area contributed by atoms with Gasteiger partial charge in [-0.25, -0.2) is 0 Å². The van der Waals surface area contributed by atoms with Gasteiger partial charge in [-0.2, -0.15) is 0 Å². The van der Waals surface area contributed by atoms with Crippen LogP contribution < -0.4 is 5.73 Å². The van der Waals surface area contributed by atoms with E-state index in [4.69, 9.17) is 17.3 Å². The molecular formula is C18H30BClN2O3. The molecule has 1 saturated heterocycles. The number of carbonyl (C=O) groups excluding carboxylic acids is 1. The van der Waals surface area contributed by atoms with Gasteiger partial charge in [0, 0.05) is 11.4 Å². The number of halogens is 1. The molecule has 4 bridgehead atoms. The van der Waals surface area contributed by atoms with Gasteiger partial charge in [0.25, 0.3) is 0 Å². The van der Waals surface area contributed by atoms with Crippen molar-refractivity contribution in [3.05, 3.63) is 0 Å². The van der Waals surface area contributed by atoms with Gasteiger partial charge in [-0.05, 0) is 67.6 Å². The molecule has 5 fully saturated rings. The van der Waals surface area contributed by atoms with Crippen molar-refractivity contribution in [2.75, 3.05) is 6.54 Å². The Bertz CT molecular complexity index is 547. The van der Waals surface area contributed by atoms with Gasteiger partial charge in [0.1, 0.15) is 0 Å². The standard InChI is InChI=1S/C18H30BClN2O3/c1-15-6-16(2)8-17(7-15,11-18(20,9-15)10-16)13(21)14(23)22-5-3-4-12(22)19(24)25/h12-13,24-25H,3-11,21H2,1-2H3/t12-,13?,15?,16?,17?,18?/m0/s1. The number of likely N-dealkylation sites (tertiary alicyclic amines) is 1. The van der Waals surface area contributed by atoms with E-state index in [2.05, 4.69) is 13.8 Å². The van der Waals surface area contributed by atoms with Crippen molar-refractivity contribution in [3.63, 3.8) is 0 Å². The third-order valence-corrected chi connectivity index (χ3v) is 7.82. The molecule has 4 saturated carbocycles. The molecule has 4 N–H and O–H groups in total. The molecule has 4 atom stereocenters. The highest BCUT2D eigenvalue weighted by Gasteiger charge is 2.67. The Kier molecular flexibility index (Phi) is 3.88. The van der Waals surface area contributed by atoms with Crippen LogP contribution >= 0.6 is 11.6 Å². The van der Waals surface area contributed by atoms with Gasteiger partial charge in [-0.1, -0.05) is 13.8 Å². The van der Waals surface area contributed by atoms with E-state index in [-0.39, 0.29) is 27.0 Å². The summed E-state index contributed by atoms with van der Waals surface area (Å²) in [6, 6.07) is -0.607. The van der Waals surface area contributed by atoms with Crippen molar-refractivity contribution in [3.8, 4) is 0 Å². The molecule has 4 aliphatic carbocycles. The van der Waals surface area contributed by atoms with Crippen LogP contribution in [0.4, 0.5) is 0 Å². The van der Waals surface area contributed by atoms with Crippen molar-refractivity contribution in [1.29, 1.82) is 0 Å². The van der Waals surface area contributed by atoms with Crippen LogP contribution in [0.1, 0.15) is 65.2 Å². The molecule has 25 heavy (non-hydrogen) atoms. The minimum absolute atomic E-state index is 0.120. The maximum atomic E-state index is 13.2. The van der Waals surface area contributed by atoms with Crippen molar-refractivity contribution >= 4 is 24.6 Å². The van der Waals surface area contributed by atoms with Crippen LogP contribution in [-0.2, 0) is 4.79 Å². The zero-order valence-electron chi connectivity index (χ0n) is 15.3. The molecule has 140 valence electrons. The minimum Gasteiger partial charge on any atom is -0.426 e. The highest BCUT2D eigenvalue weighted by molar-refractivity contribution is 6.43. The average molecular weight is 369 g/mol. The van der Waals surface area contributed by atoms with Crippen molar-refractivity contribution in [2.24, 2.45) is 22.0 Å². The Morgan fingerprint density at radius 1 is 1.16 bits per heavy atom. The molecule has 0 aromatic rings. The largest absolute Gasteiger partial charge is 0.475 e. The van der Waals surface area contributed by atoms with Gasteiger partial charge in [0.2, 0.25) is 5.91 Å². The molecular weight excluding hydrogens is 338 g/mol. The van der Waals surface area contributed by atoms with Crippen molar-refractivity contribution in [1.82, 2.24) is 4.90 Å². The summed E-state index contributed by atoms with van der Waals surface area (Å²) in [4.78, 5) is 14.6. The zero-order valence-corrected chi connectivity index (χ0v) is 16.1. The summed E-state index contributed by atoms with van der Waals surface area (Å²) < 4.78 is 0. The fraction of sp³-hybridized carbons (Fsp3) is 0.944. The first-order valence-electron chi connectivity index (χ1n) is 9.60. The van der Waals surface area contributed by atoms with E-state index >= 15 is 0 Å². The molecule has 0 aromatic carbocycles. The smallest absolute Gasteiger partial charge is 0.426 e. The van der Waals surface area contributed by atoms with Crippen LogP contribution in [-0.4, -0.2) is 51.4 Å². The maximum Gasteiger partial charge on any atom is 0.475 e. The summed E-state index contributed by atoms with van der Waals surface area (Å²) in [6.07, 6.45) is 7.33. The first kappa shape index (κ1) is 18.1. The number of carbonyl (C=O) groups is 1. The Morgan fingerprint density at radius 2 is 1.76 bits per heavy atom. The average Bonchev–Trinajstić information content (AvgIpc) is 2.89. The predicted molar refractivity (Wildman–Crippen MR) is 97.8 cm³/mol. The molecule has 0 spiro atoms. The van der Waals surface area contributed by atoms with E-state index < -0.39 is 19.1 Å². The lowest BCUT2D eigenvalue weighted by molar-refractivity contribution is -0.161. The fourth-order valence-electron chi connectivity index (χ4n) is 7.79. The quantitative estimate of drug-likeness (QED) is 0.522. The second-order valence-electron chi connectivity index (χ2n) is 10.3. The maximum absolute atomic E-state index is 13.2. The topological polar surface area (TPSA) is 86.8 Å². The first-order valence-corrected chi connectivity index (χ1v) is 9.98. The predicted octanol–water partition coefficient (Wildman–Crippen LogP) is 1.67. The summed E-state index contributed by atoms with van der Waals surface area (Å²) in [5, 5.41) is 19.2. The Balaban J connectivity index is 1.63.